The minimum Gasteiger partial charge on any atom is -0.354 e. The number of carbonyl (C=O) groups is 1. The standard InChI is InChI=1S/C16H17ClN2O3S2/c17-13-5-4-8-15(11-13)24(21,22)19-10-9-18-16(20)12-23-14-6-2-1-3-7-14/h1-8,11,19H,9-10,12H2,(H,18,20). The molecule has 0 saturated heterocycles. The Morgan fingerprint density at radius 3 is 2.50 bits per heavy atom. The van der Waals surface area contributed by atoms with Crippen molar-refractivity contribution in [2.24, 2.45) is 0 Å². The van der Waals surface area contributed by atoms with Crippen LogP contribution in [0, 0.1) is 0 Å². The smallest absolute Gasteiger partial charge is 0.240 e. The number of hydrogen-bond donors (Lipinski definition) is 2. The maximum Gasteiger partial charge on any atom is 0.240 e. The number of nitrogens with one attached hydrogen (secondary N) is 2. The Hall–Kier alpha value is -1.54. The van der Waals surface area contributed by atoms with Gasteiger partial charge in [0.25, 0.3) is 0 Å². The first-order valence-corrected chi connectivity index (χ1v) is 10.0. The Morgan fingerprint density at radius 1 is 1.04 bits per heavy atom. The molecule has 0 spiro atoms. The summed E-state index contributed by atoms with van der Waals surface area (Å²) >= 11 is 7.21. The first kappa shape index (κ1) is 18.8. The van der Waals surface area contributed by atoms with Gasteiger partial charge in [-0.2, -0.15) is 0 Å². The summed E-state index contributed by atoms with van der Waals surface area (Å²) in [5, 5.41) is 3.03. The highest BCUT2D eigenvalue weighted by Gasteiger charge is 2.13. The van der Waals surface area contributed by atoms with Crippen LogP contribution in [0.2, 0.25) is 5.02 Å². The van der Waals surface area contributed by atoms with E-state index in [4.69, 9.17) is 11.6 Å². The summed E-state index contributed by atoms with van der Waals surface area (Å²) in [4.78, 5) is 12.8. The minimum atomic E-state index is -3.63. The van der Waals surface area contributed by atoms with Gasteiger partial charge < -0.3 is 5.32 Å². The number of benzene rings is 2. The van der Waals surface area contributed by atoms with Crippen LogP contribution in [0.5, 0.6) is 0 Å². The molecular weight excluding hydrogens is 368 g/mol. The van der Waals surface area contributed by atoms with Crippen molar-refractivity contribution >= 4 is 39.3 Å². The molecule has 0 unspecified atom stereocenters. The third kappa shape index (κ3) is 6.16. The van der Waals surface area contributed by atoms with E-state index in [-0.39, 0.29) is 29.6 Å². The van der Waals surface area contributed by atoms with Gasteiger partial charge in [0.15, 0.2) is 0 Å². The third-order valence-corrected chi connectivity index (χ3v) is 5.66. The Balaban J connectivity index is 1.71. The Bertz CT molecular complexity index is 783. The van der Waals surface area contributed by atoms with Crippen molar-refractivity contribution in [3.8, 4) is 0 Å². The van der Waals surface area contributed by atoms with Crippen LogP contribution in [0.25, 0.3) is 0 Å². The van der Waals surface area contributed by atoms with E-state index in [1.54, 1.807) is 12.1 Å². The molecule has 24 heavy (non-hydrogen) atoms. The highest BCUT2D eigenvalue weighted by atomic mass is 35.5. The summed E-state index contributed by atoms with van der Waals surface area (Å²) in [5.41, 5.74) is 0. The van der Waals surface area contributed by atoms with Crippen molar-refractivity contribution in [2.75, 3.05) is 18.8 Å². The molecule has 2 aromatic carbocycles. The molecule has 2 rings (SSSR count). The third-order valence-electron chi connectivity index (χ3n) is 2.96. The lowest BCUT2D eigenvalue weighted by atomic mass is 10.4. The number of amides is 1. The second-order valence-electron chi connectivity index (χ2n) is 4.81. The molecular formula is C16H17ClN2O3S2. The zero-order chi connectivity index (χ0) is 17.4. The zero-order valence-electron chi connectivity index (χ0n) is 12.7. The van der Waals surface area contributed by atoms with Crippen molar-refractivity contribution in [2.45, 2.75) is 9.79 Å². The highest BCUT2D eigenvalue weighted by molar-refractivity contribution is 8.00. The first-order chi connectivity index (χ1) is 11.5. The quantitative estimate of drug-likeness (QED) is 0.541. The first-order valence-electron chi connectivity index (χ1n) is 7.17. The van der Waals surface area contributed by atoms with E-state index in [9.17, 15) is 13.2 Å². The molecule has 0 aliphatic rings. The minimum absolute atomic E-state index is 0.0981. The van der Waals surface area contributed by atoms with Crippen LogP contribution in [0.15, 0.2) is 64.4 Å². The van der Waals surface area contributed by atoms with Crippen molar-refractivity contribution in [3.05, 3.63) is 59.6 Å². The van der Waals surface area contributed by atoms with E-state index in [1.165, 1.54) is 23.9 Å². The molecule has 0 aliphatic heterocycles. The van der Waals surface area contributed by atoms with E-state index in [0.29, 0.717) is 5.02 Å². The molecule has 2 aromatic rings. The molecule has 0 fully saturated rings. The van der Waals surface area contributed by atoms with Crippen LogP contribution in [0.3, 0.4) is 0 Å². The van der Waals surface area contributed by atoms with Gasteiger partial charge in [-0.1, -0.05) is 35.9 Å². The predicted molar refractivity (Wildman–Crippen MR) is 96.8 cm³/mol. The van der Waals surface area contributed by atoms with Crippen molar-refractivity contribution in [1.29, 1.82) is 0 Å². The highest BCUT2D eigenvalue weighted by Crippen LogP contribution is 2.16. The summed E-state index contributed by atoms with van der Waals surface area (Å²) < 4.78 is 26.5. The number of halogens is 1. The van der Waals surface area contributed by atoms with Crippen molar-refractivity contribution in [3.63, 3.8) is 0 Å². The summed E-state index contributed by atoms with van der Waals surface area (Å²) in [6, 6.07) is 15.6. The largest absolute Gasteiger partial charge is 0.354 e. The molecule has 0 bridgehead atoms. The Morgan fingerprint density at radius 2 is 1.79 bits per heavy atom. The van der Waals surface area contributed by atoms with Gasteiger partial charge >= 0.3 is 0 Å². The normalized spacial score (nSPS) is 11.2. The summed E-state index contributed by atoms with van der Waals surface area (Å²) in [7, 11) is -3.63. The van der Waals surface area contributed by atoms with Gasteiger partial charge in [-0.25, -0.2) is 13.1 Å². The van der Waals surface area contributed by atoms with Gasteiger partial charge in [-0.3, -0.25) is 4.79 Å². The van der Waals surface area contributed by atoms with Crippen molar-refractivity contribution < 1.29 is 13.2 Å². The molecule has 0 atom stereocenters. The molecule has 0 saturated carbocycles. The molecule has 0 aromatic heterocycles. The van der Waals surface area contributed by atoms with Crippen LogP contribution in [-0.4, -0.2) is 33.2 Å². The van der Waals surface area contributed by atoms with E-state index in [1.807, 2.05) is 30.3 Å². The zero-order valence-corrected chi connectivity index (χ0v) is 15.1. The lowest BCUT2D eigenvalue weighted by Crippen LogP contribution is -2.35. The van der Waals surface area contributed by atoms with E-state index in [2.05, 4.69) is 10.0 Å². The van der Waals surface area contributed by atoms with Crippen LogP contribution < -0.4 is 10.0 Å². The average molecular weight is 385 g/mol. The molecule has 8 heteroatoms. The van der Waals surface area contributed by atoms with Gasteiger partial charge in [-0.05, 0) is 30.3 Å². The lowest BCUT2D eigenvalue weighted by molar-refractivity contribution is -0.118. The second-order valence-corrected chi connectivity index (χ2v) is 8.06. The van der Waals surface area contributed by atoms with Gasteiger partial charge in [-0.15, -0.1) is 11.8 Å². The average Bonchev–Trinajstić information content (AvgIpc) is 2.58. The number of thioether (sulfide) groups is 1. The lowest BCUT2D eigenvalue weighted by Gasteiger charge is -2.08. The van der Waals surface area contributed by atoms with E-state index in [0.717, 1.165) is 4.90 Å². The molecule has 128 valence electrons. The maximum absolute atomic E-state index is 12.1. The van der Waals surface area contributed by atoms with Crippen LogP contribution in [0.4, 0.5) is 0 Å². The number of rotatable bonds is 8. The number of sulfonamides is 1. The van der Waals surface area contributed by atoms with Gasteiger partial charge in [0, 0.05) is 23.0 Å². The van der Waals surface area contributed by atoms with E-state index < -0.39 is 10.0 Å². The van der Waals surface area contributed by atoms with Gasteiger partial charge in [0.05, 0.1) is 10.6 Å². The van der Waals surface area contributed by atoms with E-state index >= 15 is 0 Å². The SMILES string of the molecule is O=C(CSc1ccccc1)NCCNS(=O)(=O)c1cccc(Cl)c1. The fourth-order valence-electron chi connectivity index (χ4n) is 1.82. The maximum atomic E-state index is 12.1. The summed E-state index contributed by atoms with van der Waals surface area (Å²) in [6.07, 6.45) is 0. The topological polar surface area (TPSA) is 75.3 Å². The predicted octanol–water partition coefficient (Wildman–Crippen LogP) is 2.53. The molecule has 5 nitrogen and oxygen atoms in total. The molecule has 0 radical (unpaired) electrons. The van der Waals surface area contributed by atoms with Crippen molar-refractivity contribution in [1.82, 2.24) is 10.0 Å². The fourth-order valence-corrected chi connectivity index (χ4v) is 3.90. The molecule has 0 aliphatic carbocycles. The van der Waals surface area contributed by atoms with Gasteiger partial charge in [0.2, 0.25) is 15.9 Å². The molecule has 2 N–H and O–H groups in total. The summed E-state index contributed by atoms with van der Waals surface area (Å²) in [5.74, 6) is 0.135. The second kappa shape index (κ2) is 9.08. The van der Waals surface area contributed by atoms with Crippen LogP contribution >= 0.6 is 23.4 Å². The van der Waals surface area contributed by atoms with Gasteiger partial charge in [0.1, 0.15) is 0 Å². The molecule has 0 heterocycles. The van der Waals surface area contributed by atoms with Crippen LogP contribution in [-0.2, 0) is 14.8 Å². The molecule has 1 amide bonds. The Labute approximate surface area is 150 Å². The number of carbonyl (C=O) groups excluding carboxylic acids is 1. The summed E-state index contributed by atoms with van der Waals surface area (Å²) in [6.45, 7) is 0.324. The number of hydrogen-bond acceptors (Lipinski definition) is 4. The fraction of sp³-hybridized carbons (Fsp3) is 0.188. The monoisotopic (exact) mass is 384 g/mol. The van der Waals surface area contributed by atoms with Crippen LogP contribution in [0.1, 0.15) is 0 Å². The Kier molecular flexibility index (Phi) is 7.11.